The Morgan fingerprint density at radius 3 is 2.75 bits per heavy atom. The minimum absolute atomic E-state index is 0.0418. The summed E-state index contributed by atoms with van der Waals surface area (Å²) in [6, 6.07) is 7.08. The van der Waals surface area contributed by atoms with E-state index in [1.807, 2.05) is 11.8 Å². The first-order valence-electron chi connectivity index (χ1n) is 5.11. The molecular formula is C11H13ClN2OS. The fourth-order valence-electron chi connectivity index (χ4n) is 1.59. The van der Waals surface area contributed by atoms with E-state index in [2.05, 4.69) is 5.32 Å². The van der Waals surface area contributed by atoms with Crippen LogP contribution in [0.3, 0.4) is 0 Å². The first-order chi connectivity index (χ1) is 7.66. The van der Waals surface area contributed by atoms with E-state index >= 15 is 0 Å². The third-order valence-corrected chi connectivity index (χ3v) is 3.89. The molecule has 1 atom stereocenters. The molecule has 0 aliphatic carbocycles. The molecule has 0 radical (unpaired) electrons. The van der Waals surface area contributed by atoms with Gasteiger partial charge in [-0.3, -0.25) is 0 Å². The second-order valence-corrected chi connectivity index (χ2v) is 5.46. The number of nitrogens with zero attached hydrogens (tertiary/aromatic N) is 1. The monoisotopic (exact) mass is 256 g/mol. The van der Waals surface area contributed by atoms with Crippen molar-refractivity contribution < 1.29 is 4.79 Å². The van der Waals surface area contributed by atoms with Crippen LogP contribution in [0.1, 0.15) is 6.92 Å². The van der Waals surface area contributed by atoms with Crippen LogP contribution in [0.25, 0.3) is 0 Å². The molecule has 0 aromatic heterocycles. The standard InChI is InChI=1S/C11H13ClN2OS/c1-8-14(6-7-16-8)11(15)13-10-4-2-9(12)3-5-10/h2-5,8H,6-7H2,1H3,(H,13,15). The van der Waals surface area contributed by atoms with Gasteiger partial charge in [0.15, 0.2) is 0 Å². The fraction of sp³-hybridized carbons (Fsp3) is 0.364. The minimum atomic E-state index is -0.0418. The molecule has 2 rings (SSSR count). The van der Waals surface area contributed by atoms with Gasteiger partial charge >= 0.3 is 6.03 Å². The SMILES string of the molecule is CC1SCCN1C(=O)Nc1ccc(Cl)cc1. The summed E-state index contributed by atoms with van der Waals surface area (Å²) in [5.74, 6) is 1.01. The average molecular weight is 257 g/mol. The number of hydrogen-bond acceptors (Lipinski definition) is 2. The third kappa shape index (κ3) is 2.62. The zero-order valence-electron chi connectivity index (χ0n) is 8.94. The molecule has 1 aliphatic rings. The molecule has 1 aromatic carbocycles. The van der Waals surface area contributed by atoms with Gasteiger partial charge in [-0.15, -0.1) is 11.8 Å². The number of anilines is 1. The fourth-order valence-corrected chi connectivity index (χ4v) is 2.74. The van der Waals surface area contributed by atoms with Gasteiger partial charge in [-0.25, -0.2) is 4.79 Å². The van der Waals surface area contributed by atoms with Crippen molar-refractivity contribution >= 4 is 35.1 Å². The summed E-state index contributed by atoms with van der Waals surface area (Å²) in [7, 11) is 0. The van der Waals surface area contributed by atoms with Gasteiger partial charge in [-0.2, -0.15) is 0 Å². The van der Waals surface area contributed by atoms with Gasteiger partial charge in [0, 0.05) is 23.0 Å². The lowest BCUT2D eigenvalue weighted by Gasteiger charge is -2.20. The molecule has 1 N–H and O–H groups in total. The van der Waals surface area contributed by atoms with Crippen molar-refractivity contribution in [3.8, 4) is 0 Å². The van der Waals surface area contributed by atoms with Crippen molar-refractivity contribution in [3.05, 3.63) is 29.3 Å². The Bertz CT molecular complexity index is 382. The van der Waals surface area contributed by atoms with Crippen LogP contribution in [0.4, 0.5) is 10.5 Å². The zero-order valence-corrected chi connectivity index (χ0v) is 10.5. The number of carbonyl (C=O) groups excluding carboxylic acids is 1. The molecule has 3 nitrogen and oxygen atoms in total. The van der Waals surface area contributed by atoms with E-state index in [-0.39, 0.29) is 11.4 Å². The number of rotatable bonds is 1. The average Bonchev–Trinajstić information content (AvgIpc) is 2.68. The van der Waals surface area contributed by atoms with Crippen LogP contribution in [-0.2, 0) is 0 Å². The summed E-state index contributed by atoms with van der Waals surface area (Å²) in [5.41, 5.74) is 0.776. The zero-order chi connectivity index (χ0) is 11.5. The summed E-state index contributed by atoms with van der Waals surface area (Å²) in [5, 5.41) is 3.78. The predicted octanol–water partition coefficient (Wildman–Crippen LogP) is 3.27. The Hall–Kier alpha value is -0.870. The highest BCUT2D eigenvalue weighted by molar-refractivity contribution is 8.00. The van der Waals surface area contributed by atoms with Gasteiger partial charge in [0.1, 0.15) is 0 Å². The predicted molar refractivity (Wildman–Crippen MR) is 69.1 cm³/mol. The summed E-state index contributed by atoms with van der Waals surface area (Å²) in [4.78, 5) is 13.7. The molecule has 1 heterocycles. The first kappa shape index (κ1) is 11.6. The van der Waals surface area contributed by atoms with Crippen LogP contribution in [0.5, 0.6) is 0 Å². The molecule has 1 aliphatic heterocycles. The summed E-state index contributed by atoms with van der Waals surface area (Å²) in [6.07, 6.45) is 0. The van der Waals surface area contributed by atoms with Crippen LogP contribution >= 0.6 is 23.4 Å². The second-order valence-electron chi connectivity index (χ2n) is 3.60. The molecule has 1 aromatic rings. The Morgan fingerprint density at radius 2 is 2.19 bits per heavy atom. The quantitative estimate of drug-likeness (QED) is 0.837. The van der Waals surface area contributed by atoms with Crippen molar-refractivity contribution in [2.45, 2.75) is 12.3 Å². The molecule has 2 amide bonds. The molecule has 86 valence electrons. The van der Waals surface area contributed by atoms with E-state index in [0.717, 1.165) is 18.0 Å². The van der Waals surface area contributed by atoms with Crippen LogP contribution in [0, 0.1) is 0 Å². The molecule has 1 fully saturated rings. The van der Waals surface area contributed by atoms with E-state index < -0.39 is 0 Å². The van der Waals surface area contributed by atoms with Crippen molar-refractivity contribution in [2.75, 3.05) is 17.6 Å². The Morgan fingerprint density at radius 1 is 1.50 bits per heavy atom. The van der Waals surface area contributed by atoms with Gasteiger partial charge in [-0.1, -0.05) is 11.6 Å². The maximum atomic E-state index is 11.9. The first-order valence-corrected chi connectivity index (χ1v) is 6.54. The van der Waals surface area contributed by atoms with Crippen molar-refractivity contribution in [3.63, 3.8) is 0 Å². The second kappa shape index (κ2) is 4.97. The highest BCUT2D eigenvalue weighted by Crippen LogP contribution is 2.23. The largest absolute Gasteiger partial charge is 0.322 e. The molecule has 0 bridgehead atoms. The van der Waals surface area contributed by atoms with Gasteiger partial charge in [0.05, 0.1) is 5.37 Å². The number of nitrogens with one attached hydrogen (secondary N) is 1. The van der Waals surface area contributed by atoms with Crippen LogP contribution in [-0.4, -0.2) is 28.6 Å². The Labute approximate surface area is 104 Å². The van der Waals surface area contributed by atoms with Gasteiger partial charge < -0.3 is 10.2 Å². The van der Waals surface area contributed by atoms with Crippen molar-refractivity contribution in [2.24, 2.45) is 0 Å². The lowest BCUT2D eigenvalue weighted by atomic mass is 10.3. The third-order valence-electron chi connectivity index (χ3n) is 2.49. The van der Waals surface area contributed by atoms with E-state index in [9.17, 15) is 4.79 Å². The highest BCUT2D eigenvalue weighted by Gasteiger charge is 2.25. The van der Waals surface area contributed by atoms with Crippen LogP contribution in [0.2, 0.25) is 5.02 Å². The number of hydrogen-bond donors (Lipinski definition) is 1. The smallest absolute Gasteiger partial charge is 0.312 e. The molecule has 1 unspecified atom stereocenters. The van der Waals surface area contributed by atoms with Crippen LogP contribution < -0.4 is 5.32 Å². The number of urea groups is 1. The maximum absolute atomic E-state index is 11.9. The van der Waals surface area contributed by atoms with Gasteiger partial charge in [-0.05, 0) is 31.2 Å². The molecular weight excluding hydrogens is 244 g/mol. The number of carbonyl (C=O) groups is 1. The number of halogens is 1. The molecule has 0 saturated carbocycles. The van der Waals surface area contributed by atoms with Gasteiger partial charge in [0.25, 0.3) is 0 Å². The Kier molecular flexibility index (Phi) is 3.61. The molecule has 5 heteroatoms. The topological polar surface area (TPSA) is 32.3 Å². The molecule has 0 spiro atoms. The normalized spacial score (nSPS) is 19.9. The maximum Gasteiger partial charge on any atom is 0.322 e. The lowest BCUT2D eigenvalue weighted by molar-refractivity contribution is 0.216. The number of thioether (sulfide) groups is 1. The molecule has 1 saturated heterocycles. The van der Waals surface area contributed by atoms with E-state index in [0.29, 0.717) is 5.02 Å². The molecule has 16 heavy (non-hydrogen) atoms. The highest BCUT2D eigenvalue weighted by atomic mass is 35.5. The van der Waals surface area contributed by atoms with E-state index in [1.54, 1.807) is 36.0 Å². The van der Waals surface area contributed by atoms with Crippen molar-refractivity contribution in [1.82, 2.24) is 4.90 Å². The summed E-state index contributed by atoms with van der Waals surface area (Å²) >= 11 is 7.56. The summed E-state index contributed by atoms with van der Waals surface area (Å²) in [6.45, 7) is 2.85. The van der Waals surface area contributed by atoms with E-state index in [4.69, 9.17) is 11.6 Å². The minimum Gasteiger partial charge on any atom is -0.312 e. The van der Waals surface area contributed by atoms with Gasteiger partial charge in [0.2, 0.25) is 0 Å². The van der Waals surface area contributed by atoms with Crippen molar-refractivity contribution in [1.29, 1.82) is 0 Å². The lowest BCUT2D eigenvalue weighted by Crippen LogP contribution is -2.36. The van der Waals surface area contributed by atoms with Crippen LogP contribution in [0.15, 0.2) is 24.3 Å². The van der Waals surface area contributed by atoms with E-state index in [1.165, 1.54) is 0 Å². The number of amides is 2. The number of benzene rings is 1. The Balaban J connectivity index is 1.99. The summed E-state index contributed by atoms with van der Waals surface area (Å²) < 4.78 is 0.